The largest absolute Gasteiger partial charge is 0.493 e. The van der Waals surface area contributed by atoms with Gasteiger partial charge < -0.3 is 9.47 Å². The van der Waals surface area contributed by atoms with E-state index in [-0.39, 0.29) is 0 Å². The molecule has 0 aliphatic rings. The van der Waals surface area contributed by atoms with E-state index in [1.807, 2.05) is 12.1 Å². The molecule has 2 nitrogen and oxygen atoms in total. The van der Waals surface area contributed by atoms with E-state index in [4.69, 9.17) is 16.1 Å². The minimum atomic E-state index is 0.732. The summed E-state index contributed by atoms with van der Waals surface area (Å²) in [6.45, 7) is 11.6. The highest BCUT2D eigenvalue weighted by Gasteiger charge is 2.04. The fourth-order valence-corrected chi connectivity index (χ4v) is 2.59. The lowest BCUT2D eigenvalue weighted by atomic mass is 10.1. The summed E-state index contributed by atoms with van der Waals surface area (Å²) in [6.07, 6.45) is 13.9. The zero-order valence-corrected chi connectivity index (χ0v) is 15.6. The van der Waals surface area contributed by atoms with Crippen LogP contribution in [0.2, 0.25) is 0 Å². The van der Waals surface area contributed by atoms with Crippen LogP contribution < -0.4 is 9.47 Å². The summed E-state index contributed by atoms with van der Waals surface area (Å²) in [4.78, 5) is 0. The Kier molecular flexibility index (Phi) is 12.0. The van der Waals surface area contributed by atoms with Crippen molar-refractivity contribution in [1.82, 2.24) is 0 Å². The molecule has 2 radical (unpaired) electrons. The van der Waals surface area contributed by atoms with Gasteiger partial charge in [0.1, 0.15) is 11.5 Å². The van der Waals surface area contributed by atoms with E-state index in [1.54, 1.807) is 6.08 Å². The normalized spacial score (nSPS) is 10.6. The van der Waals surface area contributed by atoms with E-state index in [9.17, 15) is 0 Å². The maximum absolute atomic E-state index is 5.84. The average molecular weight is 331 g/mol. The molecule has 0 aliphatic carbocycles. The smallest absolute Gasteiger partial charge is 0.128 e. The first kappa shape index (κ1) is 20.6. The van der Waals surface area contributed by atoms with Crippen LogP contribution >= 0.6 is 0 Å². The Morgan fingerprint density at radius 3 is 2.04 bits per heavy atom. The van der Waals surface area contributed by atoms with Gasteiger partial charge in [-0.15, -0.1) is 0 Å². The Morgan fingerprint density at radius 1 is 0.875 bits per heavy atom. The van der Waals surface area contributed by atoms with E-state index in [0.717, 1.165) is 43.1 Å². The molecule has 134 valence electrons. The van der Waals surface area contributed by atoms with Gasteiger partial charge in [-0.2, -0.15) is 0 Å². The number of hydrogen-bond acceptors (Lipinski definition) is 2. The van der Waals surface area contributed by atoms with Gasteiger partial charge in [-0.3, -0.25) is 0 Å². The summed E-state index contributed by atoms with van der Waals surface area (Å²) in [6, 6.07) is 6.91. The number of rotatable bonds is 15. The van der Waals surface area contributed by atoms with Gasteiger partial charge in [0.05, 0.1) is 13.2 Å². The molecule has 0 aromatic heterocycles. The second-order valence-corrected chi connectivity index (χ2v) is 6.31. The minimum Gasteiger partial charge on any atom is -0.493 e. The van der Waals surface area contributed by atoms with Gasteiger partial charge in [0.15, 0.2) is 0 Å². The zero-order valence-electron chi connectivity index (χ0n) is 15.6. The molecule has 1 aromatic rings. The fourth-order valence-electron chi connectivity index (χ4n) is 2.59. The Morgan fingerprint density at radius 2 is 1.46 bits per heavy atom. The van der Waals surface area contributed by atoms with E-state index in [1.165, 1.54) is 51.4 Å². The Labute approximate surface area is 149 Å². The second-order valence-electron chi connectivity index (χ2n) is 6.31. The lowest BCUT2D eigenvalue weighted by Crippen LogP contribution is -2.01. The van der Waals surface area contributed by atoms with Crippen molar-refractivity contribution in [3.63, 3.8) is 0 Å². The first-order valence-corrected chi connectivity index (χ1v) is 9.68. The van der Waals surface area contributed by atoms with Gasteiger partial charge in [-0.05, 0) is 25.0 Å². The molecule has 0 amide bonds. The van der Waals surface area contributed by atoms with Crippen molar-refractivity contribution in [3.8, 4) is 11.5 Å². The highest BCUT2D eigenvalue weighted by molar-refractivity contribution is 5.57. The summed E-state index contributed by atoms with van der Waals surface area (Å²) in [7, 11) is 0. The van der Waals surface area contributed by atoms with Gasteiger partial charge in [-0.1, -0.05) is 77.9 Å². The van der Waals surface area contributed by atoms with Crippen LogP contribution in [0, 0.1) is 12.6 Å². The number of unbranched alkanes of at least 4 members (excludes halogenated alkanes) is 8. The van der Waals surface area contributed by atoms with E-state index >= 15 is 0 Å². The predicted molar refractivity (Wildman–Crippen MR) is 103 cm³/mol. The van der Waals surface area contributed by atoms with Crippen molar-refractivity contribution in [3.05, 3.63) is 30.3 Å². The number of ether oxygens (including phenoxy) is 2. The fraction of sp³-hybridized carbons (Fsp3) is 0.636. The molecule has 0 N–H and O–H groups in total. The van der Waals surface area contributed by atoms with Crippen molar-refractivity contribution in [2.75, 3.05) is 13.2 Å². The summed E-state index contributed by atoms with van der Waals surface area (Å²) in [5, 5.41) is 0. The van der Waals surface area contributed by atoms with Crippen LogP contribution in [0.4, 0.5) is 0 Å². The van der Waals surface area contributed by atoms with Crippen LogP contribution in [0.1, 0.15) is 83.6 Å². The molecule has 0 aliphatic heterocycles. The molecular weight excluding hydrogens is 296 g/mol. The Balaban J connectivity index is 2.31. The minimum absolute atomic E-state index is 0.732. The van der Waals surface area contributed by atoms with Gasteiger partial charge in [0.2, 0.25) is 0 Å². The molecule has 0 fully saturated rings. The van der Waals surface area contributed by atoms with Gasteiger partial charge in [0.25, 0.3) is 0 Å². The standard InChI is InChI=1S/C22H34O2/c1-4-7-9-11-13-17-23-21-15-16-22(20(6-3)19-21)24-18-14-12-10-8-5-2/h3,6,16,19H,4-5,7-14,17-18H2,1-2H3. The Bertz CT molecular complexity index is 440. The summed E-state index contributed by atoms with van der Waals surface area (Å²) < 4.78 is 11.6. The third-order valence-electron chi connectivity index (χ3n) is 4.11. The van der Waals surface area contributed by atoms with Crippen molar-refractivity contribution in [2.24, 2.45) is 0 Å². The first-order valence-electron chi connectivity index (χ1n) is 9.68. The maximum Gasteiger partial charge on any atom is 0.128 e. The van der Waals surface area contributed by atoms with E-state index < -0.39 is 0 Å². The average Bonchev–Trinajstić information content (AvgIpc) is 2.61. The molecular formula is C22H34O2. The first-order chi connectivity index (χ1) is 11.8. The summed E-state index contributed by atoms with van der Waals surface area (Å²) in [5.74, 6) is 1.54. The van der Waals surface area contributed by atoms with Crippen LogP contribution in [-0.4, -0.2) is 13.2 Å². The Hall–Kier alpha value is -1.44. The molecule has 2 heteroatoms. The molecule has 1 rings (SSSR count). The van der Waals surface area contributed by atoms with Gasteiger partial charge >= 0.3 is 0 Å². The predicted octanol–water partition coefficient (Wildman–Crippen LogP) is 6.63. The molecule has 24 heavy (non-hydrogen) atoms. The van der Waals surface area contributed by atoms with Crippen molar-refractivity contribution in [1.29, 1.82) is 0 Å². The molecule has 0 unspecified atom stereocenters. The van der Waals surface area contributed by atoms with E-state index in [2.05, 4.69) is 19.9 Å². The summed E-state index contributed by atoms with van der Waals surface area (Å²) in [5.41, 5.74) is 0.878. The highest BCUT2D eigenvalue weighted by atomic mass is 16.5. The quantitative estimate of drug-likeness (QED) is 0.336. The lowest BCUT2D eigenvalue weighted by Gasteiger charge is -2.11. The van der Waals surface area contributed by atoms with Crippen LogP contribution in [0.3, 0.4) is 0 Å². The van der Waals surface area contributed by atoms with Crippen LogP contribution in [0.15, 0.2) is 12.1 Å². The molecule has 0 saturated heterocycles. The summed E-state index contributed by atoms with van der Waals surface area (Å²) >= 11 is 0. The number of hydrogen-bond donors (Lipinski definition) is 0. The lowest BCUT2D eigenvalue weighted by molar-refractivity contribution is 0.295. The maximum atomic E-state index is 5.84. The van der Waals surface area contributed by atoms with E-state index in [0.29, 0.717) is 0 Å². The van der Waals surface area contributed by atoms with Crippen LogP contribution in [0.5, 0.6) is 11.5 Å². The van der Waals surface area contributed by atoms with Crippen molar-refractivity contribution >= 4 is 6.08 Å². The van der Waals surface area contributed by atoms with Crippen LogP contribution in [0.25, 0.3) is 6.08 Å². The van der Waals surface area contributed by atoms with Gasteiger partial charge in [0, 0.05) is 11.6 Å². The molecule has 0 saturated carbocycles. The van der Waals surface area contributed by atoms with Gasteiger partial charge in [-0.25, -0.2) is 0 Å². The highest BCUT2D eigenvalue weighted by Crippen LogP contribution is 2.25. The van der Waals surface area contributed by atoms with Crippen molar-refractivity contribution in [2.45, 2.75) is 78.1 Å². The van der Waals surface area contributed by atoms with Crippen LogP contribution in [-0.2, 0) is 0 Å². The zero-order chi connectivity index (χ0) is 17.5. The third-order valence-corrected chi connectivity index (χ3v) is 4.11. The topological polar surface area (TPSA) is 18.5 Å². The molecule has 0 spiro atoms. The SMILES string of the molecule is [CH]=Cc1cc(OCCCCCCC)[c]cc1OCCCCCCC. The monoisotopic (exact) mass is 330 g/mol. The molecule has 1 aromatic carbocycles. The molecule has 0 heterocycles. The number of benzene rings is 1. The third kappa shape index (κ3) is 9.00. The molecule has 0 atom stereocenters. The molecule has 0 bridgehead atoms. The van der Waals surface area contributed by atoms with Crippen molar-refractivity contribution < 1.29 is 9.47 Å². The second kappa shape index (κ2) is 13.9.